The Hall–Kier alpha value is -3.90. The van der Waals surface area contributed by atoms with Gasteiger partial charge in [-0.1, -0.05) is 73.5 Å². The molecule has 1 heterocycles. The lowest BCUT2D eigenvalue weighted by Gasteiger charge is -2.12. The average Bonchev–Trinajstić information content (AvgIpc) is 2.82. The second kappa shape index (κ2) is 10.1. The first-order valence-corrected chi connectivity index (χ1v) is 11.0. The van der Waals surface area contributed by atoms with Crippen molar-refractivity contribution in [3.8, 4) is 11.3 Å². The summed E-state index contributed by atoms with van der Waals surface area (Å²) in [5, 5.41) is 3.81. The Morgan fingerprint density at radius 1 is 0.909 bits per heavy atom. The summed E-state index contributed by atoms with van der Waals surface area (Å²) in [6.45, 7) is 2.15. The van der Waals surface area contributed by atoms with Crippen molar-refractivity contribution in [3.63, 3.8) is 0 Å². The lowest BCUT2D eigenvalue weighted by molar-refractivity contribution is 0.0939. The van der Waals surface area contributed by atoms with E-state index in [4.69, 9.17) is 16.6 Å². The van der Waals surface area contributed by atoms with Gasteiger partial charge >= 0.3 is 6.03 Å². The number of fused-ring (bicyclic) bond motifs is 1. The van der Waals surface area contributed by atoms with E-state index in [0.29, 0.717) is 32.9 Å². The maximum absolute atomic E-state index is 13.0. The SMILES string of the molecule is CCCc1ccc(-c2cc(C(=O)NNC(=O)Nc3cccc(Cl)c3)c3ccccc3n2)cc1. The van der Waals surface area contributed by atoms with E-state index in [9.17, 15) is 9.59 Å². The Labute approximate surface area is 197 Å². The van der Waals surface area contributed by atoms with Crippen LogP contribution in [0.1, 0.15) is 29.3 Å². The number of para-hydroxylation sites is 1. The third kappa shape index (κ3) is 5.48. The average molecular weight is 459 g/mol. The van der Waals surface area contributed by atoms with Crippen molar-refractivity contribution in [1.29, 1.82) is 0 Å². The molecule has 3 N–H and O–H groups in total. The van der Waals surface area contributed by atoms with Crippen molar-refractivity contribution in [2.45, 2.75) is 19.8 Å². The van der Waals surface area contributed by atoms with Crippen molar-refractivity contribution in [3.05, 3.63) is 95.0 Å². The van der Waals surface area contributed by atoms with Gasteiger partial charge in [0.15, 0.2) is 0 Å². The number of carbonyl (C=O) groups is 2. The molecule has 166 valence electrons. The summed E-state index contributed by atoms with van der Waals surface area (Å²) in [5.41, 5.74) is 9.33. The minimum absolute atomic E-state index is 0.413. The van der Waals surface area contributed by atoms with E-state index >= 15 is 0 Å². The van der Waals surface area contributed by atoms with Crippen LogP contribution in [-0.2, 0) is 6.42 Å². The highest BCUT2D eigenvalue weighted by molar-refractivity contribution is 6.30. The molecule has 0 aliphatic rings. The van der Waals surface area contributed by atoms with Gasteiger partial charge in [0, 0.05) is 21.7 Å². The van der Waals surface area contributed by atoms with E-state index in [1.165, 1.54) is 5.56 Å². The van der Waals surface area contributed by atoms with Gasteiger partial charge in [0.1, 0.15) is 0 Å². The van der Waals surface area contributed by atoms with Gasteiger partial charge in [-0.2, -0.15) is 0 Å². The molecule has 0 radical (unpaired) electrons. The summed E-state index contributed by atoms with van der Waals surface area (Å²) >= 11 is 5.93. The number of hydrogen-bond acceptors (Lipinski definition) is 3. The summed E-state index contributed by atoms with van der Waals surface area (Å²) in [7, 11) is 0. The molecule has 7 heteroatoms. The highest BCUT2D eigenvalue weighted by Gasteiger charge is 2.15. The molecule has 0 aliphatic heterocycles. The summed E-state index contributed by atoms with van der Waals surface area (Å²) in [5.74, 6) is -0.446. The molecular formula is C26H23ClN4O2. The first-order chi connectivity index (χ1) is 16.0. The van der Waals surface area contributed by atoms with Crippen molar-refractivity contribution in [2.24, 2.45) is 0 Å². The van der Waals surface area contributed by atoms with Crippen molar-refractivity contribution < 1.29 is 9.59 Å². The van der Waals surface area contributed by atoms with Gasteiger partial charge in [-0.25, -0.2) is 15.2 Å². The van der Waals surface area contributed by atoms with Gasteiger partial charge in [0.25, 0.3) is 5.91 Å². The minimum Gasteiger partial charge on any atom is -0.307 e. The van der Waals surface area contributed by atoms with Crippen LogP contribution in [0.2, 0.25) is 5.02 Å². The third-order valence-corrected chi connectivity index (χ3v) is 5.36. The Kier molecular flexibility index (Phi) is 6.86. The summed E-state index contributed by atoms with van der Waals surface area (Å²) < 4.78 is 0. The molecule has 0 unspecified atom stereocenters. The molecule has 4 aromatic rings. The topological polar surface area (TPSA) is 83.1 Å². The number of aryl methyl sites for hydroxylation is 1. The number of rotatable bonds is 5. The number of nitrogens with zero attached hydrogens (tertiary/aromatic N) is 1. The highest BCUT2D eigenvalue weighted by atomic mass is 35.5. The van der Waals surface area contributed by atoms with Crippen LogP contribution in [-0.4, -0.2) is 16.9 Å². The van der Waals surface area contributed by atoms with Crippen LogP contribution in [0.15, 0.2) is 78.9 Å². The zero-order chi connectivity index (χ0) is 23.2. The maximum Gasteiger partial charge on any atom is 0.337 e. The second-order valence-electron chi connectivity index (χ2n) is 7.56. The fourth-order valence-electron chi connectivity index (χ4n) is 3.55. The lowest BCUT2D eigenvalue weighted by Crippen LogP contribution is -2.44. The van der Waals surface area contributed by atoms with Crippen LogP contribution in [0.25, 0.3) is 22.2 Å². The third-order valence-electron chi connectivity index (χ3n) is 5.12. The number of aromatic nitrogens is 1. The molecule has 0 bridgehead atoms. The summed E-state index contributed by atoms with van der Waals surface area (Å²) in [6, 6.07) is 23.5. The molecule has 3 aromatic carbocycles. The molecule has 33 heavy (non-hydrogen) atoms. The van der Waals surface area contributed by atoms with Crippen LogP contribution in [0.4, 0.5) is 10.5 Å². The van der Waals surface area contributed by atoms with Crippen LogP contribution in [0.5, 0.6) is 0 Å². The van der Waals surface area contributed by atoms with Crippen LogP contribution < -0.4 is 16.2 Å². The Morgan fingerprint density at radius 2 is 1.70 bits per heavy atom. The first kappa shape index (κ1) is 22.3. The number of urea groups is 1. The molecule has 1 aromatic heterocycles. The molecule has 0 saturated heterocycles. The Balaban J connectivity index is 1.55. The predicted octanol–water partition coefficient (Wildman–Crippen LogP) is 5.97. The van der Waals surface area contributed by atoms with Crippen LogP contribution in [0.3, 0.4) is 0 Å². The molecule has 0 atom stereocenters. The normalized spacial score (nSPS) is 10.6. The number of hydrazine groups is 1. The summed E-state index contributed by atoms with van der Waals surface area (Å²) in [6.07, 6.45) is 2.10. The van der Waals surface area contributed by atoms with E-state index in [1.807, 2.05) is 36.4 Å². The zero-order valence-corrected chi connectivity index (χ0v) is 18.8. The van der Waals surface area contributed by atoms with E-state index in [2.05, 4.69) is 35.2 Å². The number of carbonyl (C=O) groups excluding carboxylic acids is 2. The number of amides is 3. The van der Waals surface area contributed by atoms with Gasteiger partial charge in [-0.05, 0) is 42.3 Å². The second-order valence-corrected chi connectivity index (χ2v) is 8.00. The van der Waals surface area contributed by atoms with Gasteiger partial charge < -0.3 is 5.32 Å². The molecule has 4 rings (SSSR count). The number of anilines is 1. The molecule has 0 saturated carbocycles. The smallest absolute Gasteiger partial charge is 0.307 e. The van der Waals surface area contributed by atoms with Gasteiger partial charge in [0.2, 0.25) is 0 Å². The minimum atomic E-state index is -0.587. The summed E-state index contributed by atoms with van der Waals surface area (Å²) in [4.78, 5) is 29.9. The van der Waals surface area contributed by atoms with E-state index in [0.717, 1.165) is 18.4 Å². The van der Waals surface area contributed by atoms with Crippen molar-refractivity contribution >= 4 is 40.1 Å². The lowest BCUT2D eigenvalue weighted by atomic mass is 10.0. The van der Waals surface area contributed by atoms with E-state index in [-0.39, 0.29) is 0 Å². The molecule has 6 nitrogen and oxygen atoms in total. The van der Waals surface area contributed by atoms with E-state index < -0.39 is 11.9 Å². The molecule has 0 spiro atoms. The van der Waals surface area contributed by atoms with Gasteiger partial charge in [0.05, 0.1) is 16.8 Å². The molecule has 3 amide bonds. The van der Waals surface area contributed by atoms with Gasteiger partial charge in [-0.3, -0.25) is 10.2 Å². The molecule has 0 aliphatic carbocycles. The highest BCUT2D eigenvalue weighted by Crippen LogP contribution is 2.25. The molecular weight excluding hydrogens is 436 g/mol. The fourth-order valence-corrected chi connectivity index (χ4v) is 3.74. The van der Waals surface area contributed by atoms with Gasteiger partial charge in [-0.15, -0.1) is 0 Å². The quantitative estimate of drug-likeness (QED) is 0.322. The largest absolute Gasteiger partial charge is 0.337 e. The number of nitrogens with one attached hydrogen (secondary N) is 3. The fraction of sp³-hybridized carbons (Fsp3) is 0.115. The van der Waals surface area contributed by atoms with Crippen molar-refractivity contribution in [2.75, 3.05) is 5.32 Å². The Morgan fingerprint density at radius 3 is 2.45 bits per heavy atom. The van der Waals surface area contributed by atoms with E-state index in [1.54, 1.807) is 30.3 Å². The number of pyridine rings is 1. The zero-order valence-electron chi connectivity index (χ0n) is 18.1. The Bertz CT molecular complexity index is 1310. The monoisotopic (exact) mass is 458 g/mol. The number of halogens is 1. The van der Waals surface area contributed by atoms with Crippen LogP contribution in [0, 0.1) is 0 Å². The first-order valence-electron chi connectivity index (χ1n) is 10.7. The maximum atomic E-state index is 13.0. The number of hydrogen-bond donors (Lipinski definition) is 3. The van der Waals surface area contributed by atoms with Crippen LogP contribution >= 0.6 is 11.6 Å². The standard InChI is InChI=1S/C26H23ClN4O2/c1-2-6-17-11-13-18(14-12-17)24-16-22(21-9-3-4-10-23(21)29-24)25(32)30-31-26(33)28-20-8-5-7-19(27)15-20/h3-5,7-16H,2,6H2,1H3,(H,30,32)(H2,28,31,33). The van der Waals surface area contributed by atoms with Crippen molar-refractivity contribution in [1.82, 2.24) is 15.8 Å². The predicted molar refractivity (Wildman–Crippen MR) is 132 cm³/mol. The number of benzene rings is 3. The molecule has 0 fully saturated rings.